The highest BCUT2D eigenvalue weighted by molar-refractivity contribution is 5.95. The van der Waals surface area contributed by atoms with E-state index in [0.717, 1.165) is 0 Å². The fourth-order valence-corrected chi connectivity index (χ4v) is 1.87. The molecule has 2 aromatic carbocycles. The molecule has 0 aliphatic rings. The van der Waals surface area contributed by atoms with Crippen LogP contribution in [0, 0.1) is 11.6 Å². The summed E-state index contributed by atoms with van der Waals surface area (Å²) < 4.78 is 36.0. The number of ether oxygens (including phenoxy) is 2. The molecule has 1 N–H and O–H groups in total. The summed E-state index contributed by atoms with van der Waals surface area (Å²) >= 11 is 0. The Morgan fingerprint density at radius 1 is 0.880 bits per heavy atom. The number of benzene rings is 2. The van der Waals surface area contributed by atoms with Crippen LogP contribution in [0.2, 0.25) is 0 Å². The maximum absolute atomic E-state index is 12.8. The molecule has 0 saturated carbocycles. The standard InChI is InChI=1S/C18H17F2NO4/c1-11(17(22)21-15-7-3-13(19)4-8-15)25-18(23)12(2)24-16-9-5-14(20)6-10-16/h3-12H,1-2H3,(H,21,22)/t11-,12+/m0/s1. The van der Waals surface area contributed by atoms with Gasteiger partial charge in [0.15, 0.2) is 12.2 Å². The molecule has 0 aliphatic carbocycles. The van der Waals surface area contributed by atoms with Crippen LogP contribution in [0.5, 0.6) is 5.75 Å². The minimum absolute atomic E-state index is 0.300. The first-order valence-corrected chi connectivity index (χ1v) is 7.54. The first kappa shape index (κ1) is 18.4. The van der Waals surface area contributed by atoms with Crippen LogP contribution in [0.15, 0.2) is 48.5 Å². The van der Waals surface area contributed by atoms with E-state index in [2.05, 4.69) is 5.32 Å². The van der Waals surface area contributed by atoms with Gasteiger partial charge in [-0.1, -0.05) is 0 Å². The first-order valence-electron chi connectivity index (χ1n) is 7.54. The van der Waals surface area contributed by atoms with Crippen molar-refractivity contribution in [1.29, 1.82) is 0 Å². The van der Waals surface area contributed by atoms with E-state index in [1.807, 2.05) is 0 Å². The van der Waals surface area contributed by atoms with Crippen molar-refractivity contribution in [2.45, 2.75) is 26.1 Å². The molecule has 0 spiro atoms. The molecular formula is C18H17F2NO4. The highest BCUT2D eigenvalue weighted by Gasteiger charge is 2.23. The third-order valence-corrected chi connectivity index (χ3v) is 3.23. The van der Waals surface area contributed by atoms with Crippen LogP contribution in [-0.2, 0) is 14.3 Å². The van der Waals surface area contributed by atoms with E-state index >= 15 is 0 Å². The topological polar surface area (TPSA) is 64.6 Å². The van der Waals surface area contributed by atoms with E-state index in [0.29, 0.717) is 11.4 Å². The number of carbonyl (C=O) groups excluding carboxylic acids is 2. The van der Waals surface area contributed by atoms with E-state index in [1.165, 1.54) is 62.4 Å². The van der Waals surface area contributed by atoms with Gasteiger partial charge in [0.2, 0.25) is 0 Å². The van der Waals surface area contributed by atoms with E-state index in [1.54, 1.807) is 0 Å². The van der Waals surface area contributed by atoms with Crippen LogP contribution in [-0.4, -0.2) is 24.1 Å². The maximum atomic E-state index is 12.8. The summed E-state index contributed by atoms with van der Waals surface area (Å²) in [4.78, 5) is 24.0. The number of halogens is 2. The van der Waals surface area contributed by atoms with Crippen molar-refractivity contribution in [1.82, 2.24) is 0 Å². The van der Waals surface area contributed by atoms with E-state index in [9.17, 15) is 18.4 Å². The molecule has 0 heterocycles. The van der Waals surface area contributed by atoms with E-state index < -0.39 is 35.7 Å². The predicted octanol–water partition coefficient (Wildman–Crippen LogP) is 3.30. The lowest BCUT2D eigenvalue weighted by Crippen LogP contribution is -2.35. The van der Waals surface area contributed by atoms with Crippen molar-refractivity contribution < 1.29 is 27.8 Å². The quantitative estimate of drug-likeness (QED) is 0.813. The van der Waals surface area contributed by atoms with Crippen LogP contribution in [0.3, 0.4) is 0 Å². The number of hydrogen-bond donors (Lipinski definition) is 1. The summed E-state index contributed by atoms with van der Waals surface area (Å²) in [6.07, 6.45) is -2.05. The Morgan fingerprint density at radius 2 is 1.40 bits per heavy atom. The molecule has 1 amide bonds. The number of amides is 1. The summed E-state index contributed by atoms with van der Waals surface area (Å²) in [6.45, 7) is 2.86. The van der Waals surface area contributed by atoms with Gasteiger partial charge < -0.3 is 14.8 Å². The summed E-state index contributed by atoms with van der Waals surface area (Å²) in [5.41, 5.74) is 0.380. The Hall–Kier alpha value is -2.96. The van der Waals surface area contributed by atoms with Gasteiger partial charge in [-0.3, -0.25) is 4.79 Å². The van der Waals surface area contributed by atoms with Gasteiger partial charge in [0.1, 0.15) is 17.4 Å². The molecule has 2 aromatic rings. The summed E-state index contributed by atoms with van der Waals surface area (Å²) in [7, 11) is 0. The second-order valence-corrected chi connectivity index (χ2v) is 5.29. The second kappa shape index (κ2) is 8.23. The van der Waals surface area contributed by atoms with Gasteiger partial charge >= 0.3 is 5.97 Å². The van der Waals surface area contributed by atoms with Crippen molar-refractivity contribution in [3.05, 3.63) is 60.2 Å². The van der Waals surface area contributed by atoms with Crippen LogP contribution in [0.25, 0.3) is 0 Å². The molecule has 0 saturated heterocycles. The Labute approximate surface area is 143 Å². The highest BCUT2D eigenvalue weighted by atomic mass is 19.1. The molecule has 0 fully saturated rings. The van der Waals surface area contributed by atoms with Crippen molar-refractivity contribution in [3.63, 3.8) is 0 Å². The lowest BCUT2D eigenvalue weighted by atomic mass is 10.3. The van der Waals surface area contributed by atoms with Crippen molar-refractivity contribution in [2.24, 2.45) is 0 Å². The summed E-state index contributed by atoms with van der Waals surface area (Å²) in [5.74, 6) is -1.85. The normalized spacial score (nSPS) is 12.8. The Balaban J connectivity index is 1.86. The third kappa shape index (κ3) is 5.56. The van der Waals surface area contributed by atoms with Crippen LogP contribution < -0.4 is 10.1 Å². The number of anilines is 1. The number of nitrogens with one attached hydrogen (secondary N) is 1. The molecule has 0 bridgehead atoms. The Bertz CT molecular complexity index is 732. The lowest BCUT2D eigenvalue weighted by Gasteiger charge is -2.17. The zero-order valence-electron chi connectivity index (χ0n) is 13.7. The molecule has 25 heavy (non-hydrogen) atoms. The van der Waals surface area contributed by atoms with Gasteiger partial charge in [-0.2, -0.15) is 0 Å². The van der Waals surface area contributed by atoms with Crippen molar-refractivity contribution in [3.8, 4) is 5.75 Å². The van der Waals surface area contributed by atoms with Gasteiger partial charge in [-0.05, 0) is 62.4 Å². The maximum Gasteiger partial charge on any atom is 0.347 e. The molecule has 0 radical (unpaired) electrons. The molecule has 0 aliphatic heterocycles. The zero-order valence-corrected chi connectivity index (χ0v) is 13.7. The third-order valence-electron chi connectivity index (χ3n) is 3.23. The van der Waals surface area contributed by atoms with Gasteiger partial charge in [-0.15, -0.1) is 0 Å². The molecule has 0 aromatic heterocycles. The van der Waals surface area contributed by atoms with E-state index in [4.69, 9.17) is 9.47 Å². The van der Waals surface area contributed by atoms with Crippen LogP contribution >= 0.6 is 0 Å². The molecule has 2 atom stereocenters. The number of esters is 1. The molecular weight excluding hydrogens is 332 g/mol. The summed E-state index contributed by atoms with van der Waals surface area (Å²) in [6, 6.07) is 10.3. The second-order valence-electron chi connectivity index (χ2n) is 5.29. The lowest BCUT2D eigenvalue weighted by molar-refractivity contribution is -0.159. The molecule has 132 valence electrons. The van der Waals surface area contributed by atoms with Crippen LogP contribution in [0.4, 0.5) is 14.5 Å². The monoisotopic (exact) mass is 349 g/mol. The Kier molecular flexibility index (Phi) is 6.05. The van der Waals surface area contributed by atoms with Crippen molar-refractivity contribution >= 4 is 17.6 Å². The van der Waals surface area contributed by atoms with Gasteiger partial charge in [-0.25, -0.2) is 13.6 Å². The van der Waals surface area contributed by atoms with Gasteiger partial charge in [0, 0.05) is 5.69 Å². The SMILES string of the molecule is C[C@H](OC(=O)[C@@H](C)Oc1ccc(F)cc1)C(=O)Nc1ccc(F)cc1. The zero-order chi connectivity index (χ0) is 18.4. The van der Waals surface area contributed by atoms with E-state index in [-0.39, 0.29) is 0 Å². The molecule has 5 nitrogen and oxygen atoms in total. The molecule has 0 unspecified atom stereocenters. The highest BCUT2D eigenvalue weighted by Crippen LogP contribution is 2.14. The molecule has 7 heteroatoms. The largest absolute Gasteiger partial charge is 0.479 e. The fourth-order valence-electron chi connectivity index (χ4n) is 1.87. The smallest absolute Gasteiger partial charge is 0.347 e. The molecule has 2 rings (SSSR count). The predicted molar refractivity (Wildman–Crippen MR) is 87.1 cm³/mol. The van der Waals surface area contributed by atoms with Gasteiger partial charge in [0.05, 0.1) is 0 Å². The minimum atomic E-state index is -1.07. The average molecular weight is 349 g/mol. The number of hydrogen-bond acceptors (Lipinski definition) is 4. The Morgan fingerprint density at radius 3 is 1.96 bits per heavy atom. The van der Waals surface area contributed by atoms with Gasteiger partial charge in [0.25, 0.3) is 5.91 Å². The number of carbonyl (C=O) groups is 2. The first-order chi connectivity index (χ1) is 11.8. The number of rotatable bonds is 6. The average Bonchev–Trinajstić information content (AvgIpc) is 2.58. The minimum Gasteiger partial charge on any atom is -0.479 e. The fraction of sp³-hybridized carbons (Fsp3) is 0.222. The van der Waals surface area contributed by atoms with Crippen molar-refractivity contribution in [2.75, 3.05) is 5.32 Å². The van der Waals surface area contributed by atoms with Crippen LogP contribution in [0.1, 0.15) is 13.8 Å². The summed E-state index contributed by atoms with van der Waals surface area (Å²) in [5, 5.41) is 2.50.